The van der Waals surface area contributed by atoms with E-state index in [2.05, 4.69) is 25.6 Å². The average Bonchev–Trinajstić information content (AvgIpc) is 3.57. The van der Waals surface area contributed by atoms with Crippen LogP contribution in [0.4, 0.5) is 5.82 Å². The molecule has 1 atom stereocenters. The van der Waals surface area contributed by atoms with Crippen molar-refractivity contribution in [2.75, 3.05) is 5.32 Å². The van der Waals surface area contributed by atoms with Gasteiger partial charge >= 0.3 is 0 Å². The summed E-state index contributed by atoms with van der Waals surface area (Å²) in [6, 6.07) is 20.5. The number of para-hydroxylation sites is 1. The minimum Gasteiger partial charge on any atom is -0.360 e. The Hall–Kier alpha value is -5.25. The van der Waals surface area contributed by atoms with Crippen LogP contribution < -0.4 is 16.2 Å². The summed E-state index contributed by atoms with van der Waals surface area (Å²) in [7, 11) is 0. The lowest BCUT2D eigenvalue weighted by Crippen LogP contribution is -2.29. The highest BCUT2D eigenvalue weighted by atomic mass is 16.1. The van der Waals surface area contributed by atoms with Crippen molar-refractivity contribution in [2.45, 2.75) is 26.4 Å². The highest BCUT2D eigenvalue weighted by Crippen LogP contribution is 2.27. The number of carbonyl (C=O) groups is 1. The molecular weight excluding hydrogens is 492 g/mol. The molecule has 2 aromatic carbocycles. The predicted octanol–water partition coefficient (Wildman–Crippen LogP) is 4.17. The van der Waals surface area contributed by atoms with E-state index in [0.717, 1.165) is 11.1 Å². The second-order valence-electron chi connectivity index (χ2n) is 9.31. The fourth-order valence-corrected chi connectivity index (χ4v) is 4.73. The number of nitrogens with one attached hydrogen (secondary N) is 3. The van der Waals surface area contributed by atoms with Gasteiger partial charge in [0.25, 0.3) is 11.5 Å². The zero-order chi connectivity index (χ0) is 26.9. The molecule has 1 amide bonds. The highest BCUT2D eigenvalue weighted by molar-refractivity contribution is 6.09. The topological polar surface area (TPSA) is 122 Å². The lowest BCUT2D eigenvalue weighted by Gasteiger charge is -2.20. The number of aryl methyl sites for hydroxylation is 1. The minimum atomic E-state index is -0.460. The third-order valence-electron chi connectivity index (χ3n) is 6.68. The van der Waals surface area contributed by atoms with Crippen LogP contribution in [-0.2, 0) is 6.54 Å². The molecule has 10 nitrogen and oxygen atoms in total. The third kappa shape index (κ3) is 4.42. The summed E-state index contributed by atoms with van der Waals surface area (Å²) in [6.07, 6.45) is 4.83. The van der Waals surface area contributed by atoms with E-state index in [9.17, 15) is 9.59 Å². The van der Waals surface area contributed by atoms with E-state index < -0.39 is 6.04 Å². The van der Waals surface area contributed by atoms with Crippen molar-refractivity contribution in [3.8, 4) is 5.69 Å². The van der Waals surface area contributed by atoms with Gasteiger partial charge in [0.2, 0.25) is 0 Å². The van der Waals surface area contributed by atoms with Crippen LogP contribution in [-0.4, -0.2) is 35.0 Å². The summed E-state index contributed by atoms with van der Waals surface area (Å²) >= 11 is 0. The van der Waals surface area contributed by atoms with Crippen molar-refractivity contribution < 1.29 is 4.79 Å². The molecular formula is C29H26N8O2. The number of aromatic amines is 1. The average molecular weight is 519 g/mol. The number of aromatic nitrogens is 6. The molecule has 6 rings (SSSR count). The van der Waals surface area contributed by atoms with Crippen molar-refractivity contribution in [1.29, 1.82) is 0 Å². The number of fused-ring (bicyclic) bond motifs is 2. The van der Waals surface area contributed by atoms with Gasteiger partial charge in [0.05, 0.1) is 22.7 Å². The van der Waals surface area contributed by atoms with Gasteiger partial charge < -0.3 is 15.6 Å². The molecule has 0 radical (unpaired) electrons. The second-order valence-corrected chi connectivity index (χ2v) is 9.31. The molecule has 0 aliphatic rings. The van der Waals surface area contributed by atoms with Gasteiger partial charge in [-0.15, -0.1) is 0 Å². The first-order chi connectivity index (χ1) is 19.0. The van der Waals surface area contributed by atoms with Gasteiger partial charge in [-0.1, -0.05) is 48.5 Å². The van der Waals surface area contributed by atoms with E-state index in [-0.39, 0.29) is 11.5 Å². The molecule has 4 heterocycles. The predicted molar refractivity (Wildman–Crippen MR) is 149 cm³/mol. The molecule has 3 N–H and O–H groups in total. The van der Waals surface area contributed by atoms with Gasteiger partial charge in [0.15, 0.2) is 5.82 Å². The first kappa shape index (κ1) is 24.1. The Morgan fingerprint density at radius 3 is 2.54 bits per heavy atom. The Labute approximate surface area is 223 Å². The fraction of sp³-hybridized carbons (Fsp3) is 0.138. The molecule has 39 heavy (non-hydrogen) atoms. The van der Waals surface area contributed by atoms with Crippen LogP contribution in [0.3, 0.4) is 0 Å². The maximum Gasteiger partial charge on any atom is 0.282 e. The zero-order valence-corrected chi connectivity index (χ0v) is 21.4. The molecule has 0 aliphatic carbocycles. The molecule has 10 heteroatoms. The maximum absolute atomic E-state index is 13.7. The standard InChI is InChI=1S/C29H26N8O2/c1-18-13-14-36-24(18)29(39)37(21-11-7-4-8-12-21)27(35-36)19(2)34-26-23-22(16-30-25(23)32-17-33-26)28(38)31-15-20-9-5-3-6-10-20/h3-14,16-17,19H,15H2,1-2H3,(H,31,38)(H2,30,32,33,34). The highest BCUT2D eigenvalue weighted by Gasteiger charge is 2.23. The summed E-state index contributed by atoms with van der Waals surface area (Å²) in [5.41, 5.74) is 3.84. The first-order valence-electron chi connectivity index (χ1n) is 12.6. The molecule has 1 unspecified atom stereocenters. The van der Waals surface area contributed by atoms with Crippen LogP contribution in [0.2, 0.25) is 0 Å². The zero-order valence-electron chi connectivity index (χ0n) is 21.4. The number of hydrogen-bond acceptors (Lipinski definition) is 6. The quantitative estimate of drug-likeness (QED) is 0.292. The Morgan fingerprint density at radius 1 is 1.03 bits per heavy atom. The summed E-state index contributed by atoms with van der Waals surface area (Å²) in [5.74, 6) is 0.696. The second kappa shape index (κ2) is 9.90. The van der Waals surface area contributed by atoms with Crippen molar-refractivity contribution in [1.82, 2.24) is 34.4 Å². The van der Waals surface area contributed by atoms with Crippen LogP contribution in [0.5, 0.6) is 0 Å². The van der Waals surface area contributed by atoms with Crippen LogP contribution in [0.25, 0.3) is 22.2 Å². The van der Waals surface area contributed by atoms with E-state index in [0.29, 0.717) is 46.0 Å². The minimum absolute atomic E-state index is 0.169. The van der Waals surface area contributed by atoms with Crippen LogP contribution in [0.15, 0.2) is 90.2 Å². The van der Waals surface area contributed by atoms with Gasteiger partial charge in [0.1, 0.15) is 23.3 Å². The smallest absolute Gasteiger partial charge is 0.282 e. The number of rotatable bonds is 7. The Kier molecular flexibility index (Phi) is 6.12. The largest absolute Gasteiger partial charge is 0.360 e. The van der Waals surface area contributed by atoms with Gasteiger partial charge in [-0.3, -0.25) is 14.2 Å². The summed E-state index contributed by atoms with van der Waals surface area (Å²) in [5, 5.41) is 11.7. The summed E-state index contributed by atoms with van der Waals surface area (Å²) < 4.78 is 3.22. The normalized spacial score (nSPS) is 12.1. The lowest BCUT2D eigenvalue weighted by atomic mass is 10.2. The molecule has 4 aromatic heterocycles. The fourth-order valence-electron chi connectivity index (χ4n) is 4.73. The van der Waals surface area contributed by atoms with E-state index >= 15 is 0 Å². The Balaban J connectivity index is 1.38. The molecule has 0 fully saturated rings. The Bertz CT molecular complexity index is 1860. The van der Waals surface area contributed by atoms with Crippen molar-refractivity contribution in [3.63, 3.8) is 0 Å². The first-order valence-corrected chi connectivity index (χ1v) is 12.6. The third-order valence-corrected chi connectivity index (χ3v) is 6.68. The Morgan fingerprint density at radius 2 is 1.77 bits per heavy atom. The number of anilines is 1. The maximum atomic E-state index is 13.7. The number of hydrogen-bond donors (Lipinski definition) is 3. The number of nitrogens with zero attached hydrogens (tertiary/aromatic N) is 5. The van der Waals surface area contributed by atoms with Crippen molar-refractivity contribution >= 4 is 28.3 Å². The summed E-state index contributed by atoms with van der Waals surface area (Å²) in [4.78, 5) is 38.7. The lowest BCUT2D eigenvalue weighted by molar-refractivity contribution is 0.0952. The molecule has 0 saturated carbocycles. The van der Waals surface area contributed by atoms with E-state index in [1.54, 1.807) is 21.5 Å². The number of benzene rings is 2. The van der Waals surface area contributed by atoms with Crippen LogP contribution in [0.1, 0.15) is 40.3 Å². The number of amides is 1. The van der Waals surface area contributed by atoms with Gasteiger partial charge in [-0.05, 0) is 43.2 Å². The number of H-pyrrole nitrogens is 1. The monoisotopic (exact) mass is 518 g/mol. The number of carbonyl (C=O) groups excluding carboxylic acids is 1. The van der Waals surface area contributed by atoms with Gasteiger partial charge in [-0.25, -0.2) is 14.5 Å². The van der Waals surface area contributed by atoms with Crippen LogP contribution in [0, 0.1) is 6.92 Å². The van der Waals surface area contributed by atoms with E-state index in [1.807, 2.05) is 80.6 Å². The van der Waals surface area contributed by atoms with E-state index in [4.69, 9.17) is 5.10 Å². The van der Waals surface area contributed by atoms with E-state index in [1.165, 1.54) is 6.33 Å². The molecule has 0 saturated heterocycles. The SMILES string of the molecule is Cc1ccn2nc(C(C)Nc3ncnc4[nH]cc(C(=O)NCc5ccccc5)c34)n(-c3ccccc3)c(=O)c12. The van der Waals surface area contributed by atoms with Crippen molar-refractivity contribution in [3.05, 3.63) is 118 Å². The molecule has 0 aliphatic heterocycles. The molecule has 6 aromatic rings. The van der Waals surface area contributed by atoms with Crippen molar-refractivity contribution in [2.24, 2.45) is 0 Å². The molecule has 0 spiro atoms. The van der Waals surface area contributed by atoms with Crippen LogP contribution >= 0.6 is 0 Å². The molecule has 0 bridgehead atoms. The summed E-state index contributed by atoms with van der Waals surface area (Å²) in [6.45, 7) is 4.19. The van der Waals surface area contributed by atoms with Gasteiger partial charge in [-0.2, -0.15) is 5.10 Å². The molecule has 194 valence electrons. The van der Waals surface area contributed by atoms with Gasteiger partial charge in [0, 0.05) is 18.9 Å².